The fourth-order valence-electron chi connectivity index (χ4n) is 2.07. The molecular formula is C9H13BN2O11P2. The molecule has 2 radical (unpaired) electrons. The fourth-order valence-corrected chi connectivity index (χ4v) is 3.80. The fraction of sp³-hybridized carbons (Fsp3) is 0.556. The number of nitrogens with one attached hydrogen (secondary N) is 1. The van der Waals surface area contributed by atoms with Gasteiger partial charge in [0.1, 0.15) is 18.3 Å². The third kappa shape index (κ3) is 5.20. The van der Waals surface area contributed by atoms with Gasteiger partial charge in [0.25, 0.3) is 13.0 Å². The second kappa shape index (κ2) is 7.27. The summed E-state index contributed by atoms with van der Waals surface area (Å²) in [5, 5.41) is 19.8. The number of hydrogen-bond donors (Lipinski definition) is 5. The molecule has 2 rings (SSSR count). The first kappa shape index (κ1) is 20.2. The van der Waals surface area contributed by atoms with Crippen molar-refractivity contribution in [1.82, 2.24) is 9.55 Å². The van der Waals surface area contributed by atoms with Crippen LogP contribution in [-0.2, 0) is 22.7 Å². The summed E-state index contributed by atoms with van der Waals surface area (Å²) in [6, 6.07) is 0.982. The number of aliphatic hydroxyl groups is 2. The predicted molar refractivity (Wildman–Crippen MR) is 79.7 cm³/mol. The number of nitrogens with zero attached hydrogens (tertiary/aromatic N) is 1. The average molecular weight is 398 g/mol. The van der Waals surface area contributed by atoms with Gasteiger partial charge in [-0.1, -0.05) is 0 Å². The number of H-pyrrole nitrogens is 1. The Hall–Kier alpha value is -1.08. The second-order valence-electron chi connectivity index (χ2n) is 4.97. The summed E-state index contributed by atoms with van der Waals surface area (Å²) in [7, 11) is -4.89. The average Bonchev–Trinajstić information content (AvgIpc) is 2.71. The van der Waals surface area contributed by atoms with Crippen molar-refractivity contribution in [3.63, 3.8) is 0 Å². The van der Waals surface area contributed by atoms with Crippen molar-refractivity contribution >= 4 is 22.9 Å². The van der Waals surface area contributed by atoms with Crippen LogP contribution in [-0.4, -0.2) is 62.0 Å². The van der Waals surface area contributed by atoms with Gasteiger partial charge in [-0.15, -0.1) is 0 Å². The summed E-state index contributed by atoms with van der Waals surface area (Å²) < 4.78 is 36.5. The Kier molecular flexibility index (Phi) is 5.89. The molecule has 1 aromatic heterocycles. The van der Waals surface area contributed by atoms with Crippen LogP contribution in [0.25, 0.3) is 0 Å². The Labute approximate surface area is 140 Å². The number of aliphatic hydroxyl groups excluding tert-OH is 2. The minimum absolute atomic E-state index is 0.687. The van der Waals surface area contributed by atoms with Crippen molar-refractivity contribution < 1.29 is 42.7 Å². The monoisotopic (exact) mass is 398 g/mol. The smallest absolute Gasteiger partial charge is 0.387 e. The third-order valence-electron chi connectivity index (χ3n) is 3.10. The van der Waals surface area contributed by atoms with Gasteiger partial charge in [-0.3, -0.25) is 18.9 Å². The maximum Gasteiger partial charge on any atom is 0.476 e. The molecule has 0 spiro atoms. The lowest BCUT2D eigenvalue weighted by Gasteiger charge is -2.19. The molecule has 1 aliphatic rings. The van der Waals surface area contributed by atoms with Gasteiger partial charge in [0, 0.05) is 12.3 Å². The molecule has 5 N–H and O–H groups in total. The van der Waals surface area contributed by atoms with Crippen LogP contribution in [0.1, 0.15) is 6.23 Å². The SMILES string of the molecule is [B][P@](=O)(OC[C@H]1O[C@@H](n2ccc(=O)[nH]c2=O)[C@H](O)[C@@H]1O)OP(=O)(O)O. The molecule has 1 saturated heterocycles. The zero-order valence-corrected chi connectivity index (χ0v) is 14.0. The van der Waals surface area contributed by atoms with Crippen molar-refractivity contribution in [3.05, 3.63) is 33.1 Å². The van der Waals surface area contributed by atoms with Crippen LogP contribution in [0, 0.1) is 0 Å². The number of aromatic amines is 1. The molecule has 1 fully saturated rings. The van der Waals surface area contributed by atoms with Gasteiger partial charge in [-0.05, 0) is 0 Å². The standard InChI is InChI=1S/C9H13BN2O11P2/c10-24(17,23-25(18,19)20)21-3-4-6(14)7(15)8(22-4)12-2-1-5(13)11-9(12)16/h1-2,4,6-8,14-15H,3H2,(H,11,13,16)(H2,18,19,20)/t4-,6-,7-,8-,24+/m1/s1. The van der Waals surface area contributed by atoms with E-state index in [-0.39, 0.29) is 0 Å². The van der Waals surface area contributed by atoms with Crippen LogP contribution in [0.5, 0.6) is 0 Å². The summed E-state index contributed by atoms with van der Waals surface area (Å²) in [5.41, 5.74) is -1.60. The summed E-state index contributed by atoms with van der Waals surface area (Å²) in [6.07, 6.45) is -5.00. The molecular weight excluding hydrogens is 385 g/mol. The number of aromatic nitrogens is 2. The quantitative estimate of drug-likeness (QED) is 0.252. The van der Waals surface area contributed by atoms with Gasteiger partial charge in [0.05, 0.1) is 6.61 Å². The zero-order valence-electron chi connectivity index (χ0n) is 12.2. The van der Waals surface area contributed by atoms with Crippen LogP contribution < -0.4 is 11.2 Å². The second-order valence-corrected chi connectivity index (χ2v) is 7.94. The molecule has 0 bridgehead atoms. The molecule has 16 heteroatoms. The highest BCUT2D eigenvalue weighted by atomic mass is 31.3. The Balaban J connectivity index is 2.09. The molecule has 1 aliphatic heterocycles. The van der Waals surface area contributed by atoms with E-state index < -0.39 is 57.7 Å². The summed E-state index contributed by atoms with van der Waals surface area (Å²) >= 11 is 0. The van der Waals surface area contributed by atoms with E-state index in [0.29, 0.717) is 0 Å². The topological polar surface area (TPSA) is 198 Å². The first-order valence-electron chi connectivity index (χ1n) is 6.53. The molecule has 0 unspecified atom stereocenters. The maximum absolute atomic E-state index is 11.7. The largest absolute Gasteiger partial charge is 0.476 e. The summed E-state index contributed by atoms with van der Waals surface area (Å²) in [6.45, 7) is -0.777. The highest BCUT2D eigenvalue weighted by molar-refractivity contribution is 7.83. The van der Waals surface area contributed by atoms with Gasteiger partial charge >= 0.3 is 13.5 Å². The van der Waals surface area contributed by atoms with E-state index in [0.717, 1.165) is 16.8 Å². The Morgan fingerprint density at radius 1 is 1.28 bits per heavy atom. The van der Waals surface area contributed by atoms with Crippen molar-refractivity contribution in [2.24, 2.45) is 0 Å². The number of phosphoric acid groups is 1. The van der Waals surface area contributed by atoms with Crippen LogP contribution in [0.4, 0.5) is 0 Å². The minimum atomic E-state index is -5.19. The molecule has 0 aliphatic carbocycles. The van der Waals surface area contributed by atoms with Gasteiger partial charge in [-0.25, -0.2) is 13.7 Å². The van der Waals surface area contributed by atoms with Gasteiger partial charge < -0.3 is 29.3 Å². The van der Waals surface area contributed by atoms with E-state index >= 15 is 0 Å². The summed E-state index contributed by atoms with van der Waals surface area (Å²) in [5.74, 6) is 0. The zero-order chi connectivity index (χ0) is 19.0. The lowest BCUT2D eigenvalue weighted by atomic mass is 10.1. The van der Waals surface area contributed by atoms with Crippen molar-refractivity contribution in [2.75, 3.05) is 6.61 Å². The van der Waals surface area contributed by atoms with E-state index in [2.05, 4.69) is 8.83 Å². The van der Waals surface area contributed by atoms with E-state index in [1.165, 1.54) is 0 Å². The molecule has 1 aromatic rings. The van der Waals surface area contributed by atoms with E-state index in [1.54, 1.807) is 0 Å². The maximum atomic E-state index is 11.7. The van der Waals surface area contributed by atoms with E-state index in [1.807, 2.05) is 4.98 Å². The Morgan fingerprint density at radius 3 is 2.48 bits per heavy atom. The van der Waals surface area contributed by atoms with Crippen molar-refractivity contribution in [2.45, 2.75) is 24.5 Å². The highest BCUT2D eigenvalue weighted by Gasteiger charge is 2.45. The molecule has 25 heavy (non-hydrogen) atoms. The molecule has 0 amide bonds. The highest BCUT2D eigenvalue weighted by Crippen LogP contribution is 2.57. The third-order valence-corrected chi connectivity index (χ3v) is 5.37. The minimum Gasteiger partial charge on any atom is -0.387 e. The van der Waals surface area contributed by atoms with Crippen molar-refractivity contribution in [3.8, 4) is 0 Å². The Bertz CT molecular complexity index is 833. The molecule has 2 heterocycles. The lowest BCUT2D eigenvalue weighted by molar-refractivity contribution is -0.0520. The molecule has 13 nitrogen and oxygen atoms in total. The normalized spacial score (nSPS) is 29.4. The molecule has 0 aromatic carbocycles. The molecule has 0 saturated carbocycles. The molecule has 5 atom stereocenters. The van der Waals surface area contributed by atoms with E-state index in [4.69, 9.17) is 22.1 Å². The summed E-state index contributed by atoms with van der Waals surface area (Å²) in [4.78, 5) is 41.8. The van der Waals surface area contributed by atoms with Crippen LogP contribution >= 0.6 is 15.3 Å². The number of hydrogen-bond acceptors (Lipinski definition) is 9. The molecule has 138 valence electrons. The first-order valence-corrected chi connectivity index (χ1v) is 9.67. The lowest BCUT2D eigenvalue weighted by Crippen LogP contribution is -2.37. The van der Waals surface area contributed by atoms with Gasteiger partial charge in [0.15, 0.2) is 6.23 Å². The Morgan fingerprint density at radius 2 is 1.92 bits per heavy atom. The van der Waals surface area contributed by atoms with Crippen LogP contribution in [0.15, 0.2) is 21.9 Å². The van der Waals surface area contributed by atoms with E-state index in [9.17, 15) is 28.9 Å². The van der Waals surface area contributed by atoms with Crippen molar-refractivity contribution in [1.29, 1.82) is 0 Å². The predicted octanol–water partition coefficient (Wildman–Crippen LogP) is -2.44. The van der Waals surface area contributed by atoms with Gasteiger partial charge in [0.2, 0.25) is 7.57 Å². The van der Waals surface area contributed by atoms with Gasteiger partial charge in [-0.2, -0.15) is 0 Å². The number of ether oxygens (including phenoxy) is 1. The van der Waals surface area contributed by atoms with Crippen LogP contribution in [0.2, 0.25) is 0 Å². The first-order chi connectivity index (χ1) is 11.4. The number of rotatable bonds is 6. The van der Waals surface area contributed by atoms with Crippen LogP contribution in [0.3, 0.4) is 0 Å².